The minimum absolute atomic E-state index is 0.312. The average molecular weight is 174 g/mol. The van der Waals surface area contributed by atoms with Gasteiger partial charge in [0, 0.05) is 0 Å². The fourth-order valence-corrected chi connectivity index (χ4v) is 1.21. The van der Waals surface area contributed by atoms with Crippen LogP contribution in [0.5, 0.6) is 0 Å². The topological polar surface area (TPSA) is 57.5 Å². The Labute approximate surface area is 73.4 Å². The third-order valence-corrected chi connectivity index (χ3v) is 1.93. The van der Waals surface area contributed by atoms with Crippen LogP contribution in [0.4, 0.5) is 0 Å². The van der Waals surface area contributed by atoms with E-state index >= 15 is 0 Å². The van der Waals surface area contributed by atoms with Gasteiger partial charge in [0.05, 0.1) is 12.0 Å². The van der Waals surface area contributed by atoms with Crippen molar-refractivity contribution in [3.63, 3.8) is 0 Å². The second-order valence-corrected chi connectivity index (χ2v) is 3.55. The summed E-state index contributed by atoms with van der Waals surface area (Å²) in [6, 6.07) is 0. The molecule has 0 unspecified atom stereocenters. The van der Waals surface area contributed by atoms with Crippen LogP contribution in [-0.2, 0) is 4.79 Å². The fraction of sp³-hybridized carbons (Fsp3) is 0.889. The quantitative estimate of drug-likeness (QED) is 0.664. The second-order valence-electron chi connectivity index (χ2n) is 3.55. The molecule has 0 heterocycles. The van der Waals surface area contributed by atoms with Gasteiger partial charge in [-0.05, 0) is 18.8 Å². The Balaban J connectivity index is 4.13. The number of carbonyl (C=O) groups is 1. The molecule has 72 valence electrons. The van der Waals surface area contributed by atoms with Crippen LogP contribution in [0, 0.1) is 11.8 Å². The molecule has 0 bridgehead atoms. The van der Waals surface area contributed by atoms with E-state index in [1.165, 1.54) is 0 Å². The SMILES string of the molecule is CC[C@@H](O)[C@@H](CC(C)C)C(=O)O. The van der Waals surface area contributed by atoms with Gasteiger partial charge in [0.25, 0.3) is 0 Å². The molecule has 2 atom stereocenters. The van der Waals surface area contributed by atoms with Gasteiger partial charge in [-0.15, -0.1) is 0 Å². The summed E-state index contributed by atoms with van der Waals surface area (Å²) in [5.74, 6) is -1.18. The maximum Gasteiger partial charge on any atom is 0.309 e. The third kappa shape index (κ3) is 3.72. The monoisotopic (exact) mass is 174 g/mol. The molecule has 0 rings (SSSR count). The van der Waals surface area contributed by atoms with Gasteiger partial charge in [0.2, 0.25) is 0 Å². The van der Waals surface area contributed by atoms with Crippen molar-refractivity contribution in [1.29, 1.82) is 0 Å². The van der Waals surface area contributed by atoms with E-state index in [0.717, 1.165) is 0 Å². The van der Waals surface area contributed by atoms with Crippen LogP contribution in [0.15, 0.2) is 0 Å². The Hall–Kier alpha value is -0.570. The van der Waals surface area contributed by atoms with Gasteiger partial charge in [0.15, 0.2) is 0 Å². The third-order valence-electron chi connectivity index (χ3n) is 1.93. The Morgan fingerprint density at radius 2 is 1.92 bits per heavy atom. The van der Waals surface area contributed by atoms with Crippen LogP contribution >= 0.6 is 0 Å². The number of carboxylic acid groups (broad SMARTS) is 1. The van der Waals surface area contributed by atoms with Crippen LogP contribution in [0.2, 0.25) is 0 Å². The van der Waals surface area contributed by atoms with E-state index in [9.17, 15) is 9.90 Å². The number of hydrogen-bond acceptors (Lipinski definition) is 2. The summed E-state index contributed by atoms with van der Waals surface area (Å²) in [6.45, 7) is 5.71. The number of aliphatic hydroxyl groups is 1. The number of carboxylic acids is 1. The highest BCUT2D eigenvalue weighted by Crippen LogP contribution is 2.17. The molecular formula is C9H18O3. The first-order valence-corrected chi connectivity index (χ1v) is 4.39. The highest BCUT2D eigenvalue weighted by Gasteiger charge is 2.25. The number of aliphatic carboxylic acids is 1. The Bertz CT molecular complexity index is 143. The van der Waals surface area contributed by atoms with Gasteiger partial charge in [-0.25, -0.2) is 0 Å². The Morgan fingerprint density at radius 3 is 2.17 bits per heavy atom. The molecule has 0 amide bonds. The lowest BCUT2D eigenvalue weighted by Gasteiger charge is -2.19. The van der Waals surface area contributed by atoms with E-state index in [2.05, 4.69) is 0 Å². The molecule has 0 aromatic heterocycles. The molecule has 0 aliphatic rings. The molecule has 0 radical (unpaired) electrons. The largest absolute Gasteiger partial charge is 0.481 e. The van der Waals surface area contributed by atoms with Crippen molar-refractivity contribution in [2.75, 3.05) is 0 Å². The summed E-state index contributed by atoms with van der Waals surface area (Å²) in [5, 5.41) is 18.1. The summed E-state index contributed by atoms with van der Waals surface area (Å²) in [4.78, 5) is 10.7. The summed E-state index contributed by atoms with van der Waals surface area (Å²) in [5.41, 5.74) is 0. The predicted molar refractivity (Wildman–Crippen MR) is 46.9 cm³/mol. The normalized spacial score (nSPS) is 16.1. The zero-order chi connectivity index (χ0) is 9.72. The van der Waals surface area contributed by atoms with Gasteiger partial charge < -0.3 is 10.2 Å². The van der Waals surface area contributed by atoms with Crippen LogP contribution in [0.1, 0.15) is 33.6 Å². The molecule has 0 saturated heterocycles. The van der Waals surface area contributed by atoms with E-state index < -0.39 is 18.0 Å². The zero-order valence-electron chi connectivity index (χ0n) is 7.95. The lowest BCUT2D eigenvalue weighted by atomic mass is 9.91. The van der Waals surface area contributed by atoms with E-state index in [-0.39, 0.29) is 0 Å². The van der Waals surface area contributed by atoms with Crippen molar-refractivity contribution in [1.82, 2.24) is 0 Å². The van der Waals surface area contributed by atoms with Crippen molar-refractivity contribution in [3.8, 4) is 0 Å². The van der Waals surface area contributed by atoms with Crippen LogP contribution in [0.3, 0.4) is 0 Å². The lowest BCUT2D eigenvalue weighted by Crippen LogP contribution is -2.28. The second kappa shape index (κ2) is 5.14. The first-order valence-electron chi connectivity index (χ1n) is 4.39. The molecule has 2 N–H and O–H groups in total. The molecular weight excluding hydrogens is 156 g/mol. The molecule has 3 nitrogen and oxygen atoms in total. The number of rotatable bonds is 5. The first-order chi connectivity index (χ1) is 5.49. The maximum atomic E-state index is 10.7. The molecule has 0 fully saturated rings. The molecule has 0 saturated carbocycles. The van der Waals surface area contributed by atoms with E-state index in [0.29, 0.717) is 18.8 Å². The van der Waals surface area contributed by atoms with E-state index in [4.69, 9.17) is 5.11 Å². The van der Waals surface area contributed by atoms with Crippen molar-refractivity contribution in [3.05, 3.63) is 0 Å². The lowest BCUT2D eigenvalue weighted by molar-refractivity contribution is -0.146. The summed E-state index contributed by atoms with van der Waals surface area (Å²) in [7, 11) is 0. The fourth-order valence-electron chi connectivity index (χ4n) is 1.21. The first kappa shape index (κ1) is 11.4. The molecule has 0 aliphatic heterocycles. The number of hydrogen-bond donors (Lipinski definition) is 2. The van der Waals surface area contributed by atoms with E-state index in [1.807, 2.05) is 13.8 Å². The van der Waals surface area contributed by atoms with Crippen molar-refractivity contribution >= 4 is 5.97 Å². The van der Waals surface area contributed by atoms with Crippen LogP contribution in [0.25, 0.3) is 0 Å². The summed E-state index contributed by atoms with van der Waals surface area (Å²) >= 11 is 0. The van der Waals surface area contributed by atoms with Gasteiger partial charge in [0.1, 0.15) is 0 Å². The minimum atomic E-state index is -0.891. The maximum absolute atomic E-state index is 10.7. The Morgan fingerprint density at radius 1 is 1.42 bits per heavy atom. The summed E-state index contributed by atoms with van der Waals surface area (Å²) in [6.07, 6.45) is 0.346. The smallest absolute Gasteiger partial charge is 0.309 e. The average Bonchev–Trinajstić information content (AvgIpc) is 1.98. The van der Waals surface area contributed by atoms with Crippen molar-refractivity contribution in [2.24, 2.45) is 11.8 Å². The van der Waals surface area contributed by atoms with Gasteiger partial charge in [-0.1, -0.05) is 20.8 Å². The highest BCUT2D eigenvalue weighted by molar-refractivity contribution is 5.70. The Kier molecular flexibility index (Phi) is 4.90. The highest BCUT2D eigenvalue weighted by atomic mass is 16.4. The molecule has 12 heavy (non-hydrogen) atoms. The van der Waals surface area contributed by atoms with Crippen molar-refractivity contribution < 1.29 is 15.0 Å². The summed E-state index contributed by atoms with van der Waals surface area (Å²) < 4.78 is 0. The molecule has 0 aromatic carbocycles. The zero-order valence-corrected chi connectivity index (χ0v) is 7.95. The van der Waals surface area contributed by atoms with Gasteiger partial charge in [-0.3, -0.25) is 4.79 Å². The van der Waals surface area contributed by atoms with Gasteiger partial charge >= 0.3 is 5.97 Å². The van der Waals surface area contributed by atoms with E-state index in [1.54, 1.807) is 6.92 Å². The van der Waals surface area contributed by atoms with Crippen LogP contribution in [-0.4, -0.2) is 22.3 Å². The molecule has 0 aliphatic carbocycles. The molecule has 0 spiro atoms. The predicted octanol–water partition coefficient (Wildman–Crippen LogP) is 1.50. The van der Waals surface area contributed by atoms with Gasteiger partial charge in [-0.2, -0.15) is 0 Å². The van der Waals surface area contributed by atoms with Crippen molar-refractivity contribution in [2.45, 2.75) is 39.7 Å². The number of aliphatic hydroxyl groups excluding tert-OH is 1. The van der Waals surface area contributed by atoms with Crippen LogP contribution < -0.4 is 0 Å². The standard InChI is InChI=1S/C9H18O3/c1-4-8(10)7(9(11)12)5-6(2)3/h6-8,10H,4-5H2,1-3H3,(H,11,12)/t7-,8-/m1/s1. The molecule has 0 aromatic rings. The molecule has 3 heteroatoms. The minimum Gasteiger partial charge on any atom is -0.481 e.